The summed E-state index contributed by atoms with van der Waals surface area (Å²) in [6.07, 6.45) is 5.06. The molecule has 0 bridgehead atoms. The van der Waals surface area contributed by atoms with Crippen LogP contribution in [0.3, 0.4) is 0 Å². The molecule has 32 heavy (non-hydrogen) atoms. The number of benzene rings is 2. The van der Waals surface area contributed by atoms with Crippen molar-refractivity contribution in [1.29, 1.82) is 0 Å². The molecule has 0 aliphatic heterocycles. The maximum Gasteiger partial charge on any atom is 0.250 e. The third-order valence-corrected chi connectivity index (χ3v) is 6.03. The summed E-state index contributed by atoms with van der Waals surface area (Å²) in [5, 5.41) is 13.4. The number of nitrogens with one attached hydrogen (secondary N) is 1. The van der Waals surface area contributed by atoms with Gasteiger partial charge in [0.2, 0.25) is 0 Å². The van der Waals surface area contributed by atoms with Crippen LogP contribution in [0.5, 0.6) is 0 Å². The van der Waals surface area contributed by atoms with Gasteiger partial charge in [0.25, 0.3) is 5.91 Å². The van der Waals surface area contributed by atoms with Crippen LogP contribution in [0, 0.1) is 6.92 Å². The summed E-state index contributed by atoms with van der Waals surface area (Å²) in [4.78, 5) is 16.4. The molecule has 2 aromatic carbocycles. The Bertz CT molecular complexity index is 1240. The zero-order valence-electron chi connectivity index (χ0n) is 17.1. The lowest BCUT2D eigenvalue weighted by Gasteiger charge is -2.10. The zero-order chi connectivity index (χ0) is 22.3. The maximum absolute atomic E-state index is 12.3. The minimum absolute atomic E-state index is 0.149. The standard InChI is InChI=1S/C23H19BrN6OS/c1-16-4-2-3-5-18(16)14-26-27-21(31)15-32-23-29-28-22(17-10-12-25-13-11-17)30(23)20-8-6-19(24)7-9-20/h2-14H,15H2,1H3,(H,27,31)/b26-14+. The molecule has 4 rings (SSSR count). The molecule has 2 aromatic heterocycles. The van der Waals surface area contributed by atoms with Crippen molar-refractivity contribution in [1.82, 2.24) is 25.2 Å². The Hall–Kier alpha value is -3.30. The van der Waals surface area contributed by atoms with E-state index in [0.717, 1.165) is 26.9 Å². The van der Waals surface area contributed by atoms with Crippen molar-refractivity contribution in [3.63, 3.8) is 0 Å². The number of carbonyl (C=O) groups is 1. The molecule has 4 aromatic rings. The number of hydrogen-bond donors (Lipinski definition) is 1. The minimum atomic E-state index is -0.226. The third kappa shape index (κ3) is 5.30. The fourth-order valence-electron chi connectivity index (χ4n) is 2.94. The van der Waals surface area contributed by atoms with Gasteiger partial charge in [0, 0.05) is 28.1 Å². The van der Waals surface area contributed by atoms with Crippen LogP contribution in [-0.2, 0) is 4.79 Å². The number of carbonyl (C=O) groups excluding carboxylic acids is 1. The van der Waals surface area contributed by atoms with Crippen molar-refractivity contribution in [3.8, 4) is 17.1 Å². The summed E-state index contributed by atoms with van der Waals surface area (Å²) in [6, 6.07) is 19.4. The Balaban J connectivity index is 1.51. The van der Waals surface area contributed by atoms with Gasteiger partial charge in [-0.1, -0.05) is 52.0 Å². The maximum atomic E-state index is 12.3. The number of aryl methyl sites for hydroxylation is 1. The lowest BCUT2D eigenvalue weighted by atomic mass is 10.1. The molecule has 2 heterocycles. The average molecular weight is 507 g/mol. The van der Waals surface area contributed by atoms with Gasteiger partial charge in [-0.25, -0.2) is 5.43 Å². The van der Waals surface area contributed by atoms with Crippen molar-refractivity contribution in [2.75, 3.05) is 5.75 Å². The normalized spacial score (nSPS) is 11.1. The first kappa shape index (κ1) is 21.9. The first-order valence-electron chi connectivity index (χ1n) is 9.74. The van der Waals surface area contributed by atoms with E-state index in [9.17, 15) is 4.79 Å². The SMILES string of the molecule is Cc1ccccc1/C=N/NC(=O)CSc1nnc(-c2ccncc2)n1-c1ccc(Br)cc1. The number of hydrogen-bond acceptors (Lipinski definition) is 6. The smallest absolute Gasteiger partial charge is 0.250 e. The molecule has 9 heteroatoms. The number of aromatic nitrogens is 4. The van der Waals surface area contributed by atoms with Gasteiger partial charge in [-0.15, -0.1) is 10.2 Å². The van der Waals surface area contributed by atoms with E-state index < -0.39 is 0 Å². The second kappa shape index (κ2) is 10.3. The summed E-state index contributed by atoms with van der Waals surface area (Å²) >= 11 is 4.76. The van der Waals surface area contributed by atoms with Crippen LogP contribution in [0.2, 0.25) is 0 Å². The predicted octanol–water partition coefficient (Wildman–Crippen LogP) is 4.64. The molecule has 160 valence electrons. The second-order valence-corrected chi connectivity index (χ2v) is 8.65. The molecule has 0 saturated heterocycles. The lowest BCUT2D eigenvalue weighted by Crippen LogP contribution is -2.20. The van der Waals surface area contributed by atoms with E-state index in [2.05, 4.69) is 41.6 Å². The Morgan fingerprint density at radius 2 is 1.84 bits per heavy atom. The van der Waals surface area contributed by atoms with E-state index in [1.807, 2.05) is 72.2 Å². The van der Waals surface area contributed by atoms with Gasteiger partial charge in [-0.05, 0) is 54.4 Å². The monoisotopic (exact) mass is 506 g/mol. The van der Waals surface area contributed by atoms with Gasteiger partial charge < -0.3 is 0 Å². The molecule has 1 N–H and O–H groups in total. The van der Waals surface area contributed by atoms with Crippen LogP contribution in [0.25, 0.3) is 17.1 Å². The summed E-state index contributed by atoms with van der Waals surface area (Å²) < 4.78 is 2.90. The van der Waals surface area contributed by atoms with Crippen molar-refractivity contribution in [2.24, 2.45) is 5.10 Å². The predicted molar refractivity (Wildman–Crippen MR) is 130 cm³/mol. The van der Waals surface area contributed by atoms with Gasteiger partial charge in [-0.2, -0.15) is 5.10 Å². The molecule has 1 amide bonds. The van der Waals surface area contributed by atoms with Crippen LogP contribution in [0.4, 0.5) is 0 Å². The molecule has 0 saturated carbocycles. The van der Waals surface area contributed by atoms with Crippen LogP contribution in [0.1, 0.15) is 11.1 Å². The molecular weight excluding hydrogens is 488 g/mol. The Morgan fingerprint density at radius 1 is 1.09 bits per heavy atom. The van der Waals surface area contributed by atoms with Gasteiger partial charge in [0.1, 0.15) is 0 Å². The zero-order valence-corrected chi connectivity index (χ0v) is 19.5. The summed E-state index contributed by atoms with van der Waals surface area (Å²) in [6.45, 7) is 1.99. The highest BCUT2D eigenvalue weighted by Crippen LogP contribution is 2.28. The van der Waals surface area contributed by atoms with Crippen molar-refractivity contribution in [3.05, 3.63) is 88.7 Å². The fraction of sp³-hybridized carbons (Fsp3) is 0.0870. The lowest BCUT2D eigenvalue weighted by molar-refractivity contribution is -0.118. The third-order valence-electron chi connectivity index (χ3n) is 4.57. The van der Waals surface area contributed by atoms with E-state index in [0.29, 0.717) is 11.0 Å². The Morgan fingerprint density at radius 3 is 2.59 bits per heavy atom. The highest BCUT2D eigenvalue weighted by atomic mass is 79.9. The van der Waals surface area contributed by atoms with E-state index in [-0.39, 0.29) is 11.7 Å². The van der Waals surface area contributed by atoms with E-state index in [4.69, 9.17) is 0 Å². The molecule has 0 radical (unpaired) electrons. The van der Waals surface area contributed by atoms with Gasteiger partial charge in [-0.3, -0.25) is 14.3 Å². The molecule has 0 fully saturated rings. The number of halogens is 1. The first-order chi connectivity index (χ1) is 15.6. The first-order valence-corrected chi connectivity index (χ1v) is 11.5. The largest absolute Gasteiger partial charge is 0.272 e. The van der Waals surface area contributed by atoms with Gasteiger partial charge >= 0.3 is 0 Å². The van der Waals surface area contributed by atoms with Crippen molar-refractivity contribution in [2.45, 2.75) is 12.1 Å². The van der Waals surface area contributed by atoms with Crippen LogP contribution in [0.15, 0.2) is 87.8 Å². The molecule has 0 unspecified atom stereocenters. The number of thioether (sulfide) groups is 1. The number of pyridine rings is 1. The fourth-order valence-corrected chi connectivity index (χ4v) is 3.95. The summed E-state index contributed by atoms with van der Waals surface area (Å²) in [5.41, 5.74) is 6.39. The number of amides is 1. The number of rotatable bonds is 7. The van der Waals surface area contributed by atoms with Gasteiger partial charge in [0.15, 0.2) is 11.0 Å². The Kier molecular flexibility index (Phi) is 7.08. The number of hydrazone groups is 1. The van der Waals surface area contributed by atoms with E-state index in [1.165, 1.54) is 11.8 Å². The topological polar surface area (TPSA) is 85.1 Å². The summed E-state index contributed by atoms with van der Waals surface area (Å²) in [5.74, 6) is 0.599. The highest BCUT2D eigenvalue weighted by molar-refractivity contribution is 9.10. The van der Waals surface area contributed by atoms with Crippen molar-refractivity contribution < 1.29 is 4.79 Å². The van der Waals surface area contributed by atoms with Crippen LogP contribution in [-0.4, -0.2) is 37.6 Å². The average Bonchev–Trinajstić information content (AvgIpc) is 3.24. The molecule has 0 spiro atoms. The second-order valence-electron chi connectivity index (χ2n) is 6.79. The molecule has 7 nitrogen and oxygen atoms in total. The van der Waals surface area contributed by atoms with Crippen LogP contribution < -0.4 is 5.43 Å². The molecule has 0 aliphatic carbocycles. The molecule has 0 aliphatic rings. The quantitative estimate of drug-likeness (QED) is 0.224. The highest BCUT2D eigenvalue weighted by Gasteiger charge is 2.17. The molecule has 0 atom stereocenters. The minimum Gasteiger partial charge on any atom is -0.272 e. The molecular formula is C23H19BrN6OS. The van der Waals surface area contributed by atoms with Gasteiger partial charge in [0.05, 0.1) is 12.0 Å². The number of nitrogens with zero attached hydrogens (tertiary/aromatic N) is 5. The van der Waals surface area contributed by atoms with Crippen molar-refractivity contribution >= 4 is 39.8 Å². The van der Waals surface area contributed by atoms with E-state index in [1.54, 1.807) is 18.6 Å². The van der Waals surface area contributed by atoms with Crippen LogP contribution >= 0.6 is 27.7 Å². The summed E-state index contributed by atoms with van der Waals surface area (Å²) in [7, 11) is 0. The van der Waals surface area contributed by atoms with E-state index >= 15 is 0 Å². The Labute approximate surface area is 198 Å².